The number of nitrogens with zero attached hydrogens (tertiary/aromatic N) is 2. The molecule has 154 valence electrons. The summed E-state index contributed by atoms with van der Waals surface area (Å²) in [5.74, 6) is -0.507. The summed E-state index contributed by atoms with van der Waals surface area (Å²) in [4.78, 5) is 12.1. The number of hydrogen-bond acceptors (Lipinski definition) is 4. The first-order valence-electron chi connectivity index (χ1n) is 8.66. The van der Waals surface area contributed by atoms with Gasteiger partial charge in [-0.1, -0.05) is 0 Å². The van der Waals surface area contributed by atoms with Gasteiger partial charge in [0.1, 0.15) is 5.82 Å². The molecular weight excluding hydrogens is 498 g/mol. The van der Waals surface area contributed by atoms with Crippen LogP contribution in [0.5, 0.6) is 0 Å². The van der Waals surface area contributed by atoms with Gasteiger partial charge in [0, 0.05) is 35.0 Å². The number of hydrogen-bond donors (Lipinski definition) is 2. The van der Waals surface area contributed by atoms with Crippen LogP contribution in [-0.4, -0.2) is 29.4 Å². The number of anilines is 3. The van der Waals surface area contributed by atoms with E-state index in [0.717, 1.165) is 3.57 Å². The van der Waals surface area contributed by atoms with Crippen molar-refractivity contribution in [3.8, 4) is 0 Å². The van der Waals surface area contributed by atoms with Crippen molar-refractivity contribution in [1.29, 1.82) is 0 Å². The van der Waals surface area contributed by atoms with Crippen molar-refractivity contribution in [3.63, 3.8) is 0 Å². The first kappa shape index (κ1) is 22.6. The minimum absolute atomic E-state index is 0.138. The molecule has 1 heterocycles. The van der Waals surface area contributed by atoms with E-state index in [2.05, 4.69) is 10.0 Å². The van der Waals surface area contributed by atoms with Crippen molar-refractivity contribution in [2.75, 3.05) is 10.0 Å². The minimum Gasteiger partial charge on any atom is -0.351 e. The van der Waals surface area contributed by atoms with E-state index in [1.165, 1.54) is 40.3 Å². The molecule has 7 nitrogen and oxygen atoms in total. The van der Waals surface area contributed by atoms with Gasteiger partial charge in [-0.05, 0) is 68.5 Å². The zero-order valence-corrected chi connectivity index (χ0v) is 19.3. The van der Waals surface area contributed by atoms with Crippen molar-refractivity contribution in [3.05, 3.63) is 50.2 Å². The molecule has 0 radical (unpaired) electrons. The summed E-state index contributed by atoms with van der Waals surface area (Å²) in [6, 6.07) is 5.26. The third-order valence-corrected chi connectivity index (χ3v) is 6.51. The second-order valence-corrected chi connectivity index (χ2v) is 9.75. The van der Waals surface area contributed by atoms with Crippen molar-refractivity contribution < 1.29 is 12.8 Å². The van der Waals surface area contributed by atoms with Gasteiger partial charge >= 0.3 is 10.2 Å². The van der Waals surface area contributed by atoms with E-state index >= 15 is 0 Å². The molecule has 0 aliphatic heterocycles. The highest BCUT2D eigenvalue weighted by Gasteiger charge is 2.28. The maximum Gasteiger partial charge on any atom is 0.302 e. The third-order valence-electron chi connectivity index (χ3n) is 3.96. The molecule has 10 heteroatoms. The standard InChI is InChI=1S/C18H24FIN4O3S/c1-11(2)24(12(3)4)28(26,27)22-17-10-23(5)18(25)9-16(17)21-15-7-6-13(20)8-14(15)19/h6-12,21-22H,1-5H3. The van der Waals surface area contributed by atoms with Gasteiger partial charge in [-0.2, -0.15) is 12.7 Å². The molecule has 0 aliphatic rings. The van der Waals surface area contributed by atoms with E-state index in [0.29, 0.717) is 0 Å². The van der Waals surface area contributed by atoms with E-state index in [9.17, 15) is 17.6 Å². The van der Waals surface area contributed by atoms with Gasteiger partial charge in [-0.3, -0.25) is 9.52 Å². The van der Waals surface area contributed by atoms with Gasteiger partial charge in [-0.15, -0.1) is 0 Å². The summed E-state index contributed by atoms with van der Waals surface area (Å²) in [6.45, 7) is 7.11. The molecular formula is C18H24FIN4O3S. The van der Waals surface area contributed by atoms with Crippen LogP contribution in [-0.2, 0) is 17.3 Å². The van der Waals surface area contributed by atoms with Crippen LogP contribution < -0.4 is 15.6 Å². The summed E-state index contributed by atoms with van der Waals surface area (Å²) in [5.41, 5.74) is 0.0882. The lowest BCUT2D eigenvalue weighted by molar-refractivity contribution is 0.304. The average molecular weight is 522 g/mol. The lowest BCUT2D eigenvalue weighted by Gasteiger charge is -2.30. The summed E-state index contributed by atoms with van der Waals surface area (Å²) < 4.78 is 45.9. The Morgan fingerprint density at radius 3 is 2.21 bits per heavy atom. The number of pyridine rings is 1. The normalized spacial score (nSPS) is 12.1. The second kappa shape index (κ2) is 8.78. The Kier molecular flexibility index (Phi) is 7.10. The van der Waals surface area contributed by atoms with E-state index in [-0.39, 0.29) is 34.7 Å². The van der Waals surface area contributed by atoms with Crippen molar-refractivity contribution in [2.45, 2.75) is 39.8 Å². The van der Waals surface area contributed by atoms with Gasteiger partial charge in [-0.25, -0.2) is 4.39 Å². The lowest BCUT2D eigenvalue weighted by Crippen LogP contribution is -2.45. The zero-order valence-electron chi connectivity index (χ0n) is 16.3. The van der Waals surface area contributed by atoms with E-state index in [1.54, 1.807) is 33.8 Å². The van der Waals surface area contributed by atoms with Gasteiger partial charge in [0.15, 0.2) is 0 Å². The molecule has 28 heavy (non-hydrogen) atoms. The van der Waals surface area contributed by atoms with Gasteiger partial charge in [0.05, 0.1) is 17.1 Å². The topological polar surface area (TPSA) is 83.4 Å². The van der Waals surface area contributed by atoms with Gasteiger partial charge in [0.25, 0.3) is 5.56 Å². The number of rotatable bonds is 7. The van der Waals surface area contributed by atoms with Crippen LogP contribution in [0.4, 0.5) is 21.5 Å². The molecule has 0 amide bonds. The summed E-state index contributed by atoms with van der Waals surface area (Å²) in [5, 5.41) is 2.82. The highest BCUT2D eigenvalue weighted by Crippen LogP contribution is 2.28. The zero-order chi connectivity index (χ0) is 21.2. The smallest absolute Gasteiger partial charge is 0.302 e. The Morgan fingerprint density at radius 2 is 1.68 bits per heavy atom. The number of aromatic nitrogens is 1. The molecule has 0 bridgehead atoms. The first-order valence-corrected chi connectivity index (χ1v) is 11.2. The number of aryl methyl sites for hydroxylation is 1. The van der Waals surface area contributed by atoms with Crippen molar-refractivity contribution >= 4 is 49.9 Å². The fraction of sp³-hybridized carbons (Fsp3) is 0.389. The lowest BCUT2D eigenvalue weighted by atomic mass is 10.2. The molecule has 0 saturated carbocycles. The highest BCUT2D eigenvalue weighted by atomic mass is 127. The Balaban J connectivity index is 2.49. The Labute approximate surface area is 178 Å². The second-order valence-electron chi connectivity index (χ2n) is 6.92. The SMILES string of the molecule is CC(C)N(C(C)C)S(=O)(=O)Nc1cn(C)c(=O)cc1Nc1ccc(I)cc1F. The molecule has 1 aromatic carbocycles. The predicted molar refractivity (Wildman–Crippen MR) is 119 cm³/mol. The number of nitrogens with one attached hydrogen (secondary N) is 2. The first-order chi connectivity index (χ1) is 12.9. The molecule has 2 rings (SSSR count). The molecule has 1 aromatic heterocycles. The number of halogens is 2. The molecule has 0 atom stereocenters. The van der Waals surface area contributed by atoms with Crippen LogP contribution >= 0.6 is 22.6 Å². The molecule has 0 unspecified atom stereocenters. The molecule has 0 spiro atoms. The Bertz CT molecular complexity index is 1010. The highest BCUT2D eigenvalue weighted by molar-refractivity contribution is 14.1. The summed E-state index contributed by atoms with van der Waals surface area (Å²) in [7, 11) is -2.39. The van der Waals surface area contributed by atoms with Crippen LogP contribution in [0, 0.1) is 9.39 Å². The molecule has 0 saturated heterocycles. The summed E-state index contributed by atoms with van der Waals surface area (Å²) >= 11 is 1.99. The van der Waals surface area contributed by atoms with Gasteiger partial charge < -0.3 is 9.88 Å². The fourth-order valence-corrected chi connectivity index (χ4v) is 5.00. The fourth-order valence-electron chi connectivity index (χ4n) is 2.89. The molecule has 2 aromatic rings. The minimum atomic E-state index is -3.90. The molecule has 0 fully saturated rings. The van der Waals surface area contributed by atoms with Crippen LogP contribution in [0.3, 0.4) is 0 Å². The maximum atomic E-state index is 14.2. The molecule has 0 aliphatic carbocycles. The quantitative estimate of drug-likeness (QED) is 0.544. The largest absolute Gasteiger partial charge is 0.351 e. The van der Waals surface area contributed by atoms with Crippen molar-refractivity contribution in [2.24, 2.45) is 7.05 Å². The van der Waals surface area contributed by atoms with Crippen LogP contribution in [0.25, 0.3) is 0 Å². The Morgan fingerprint density at radius 1 is 1.07 bits per heavy atom. The number of benzene rings is 1. The summed E-state index contributed by atoms with van der Waals surface area (Å²) in [6.07, 6.45) is 1.37. The maximum absolute atomic E-state index is 14.2. The van der Waals surface area contributed by atoms with Crippen molar-refractivity contribution in [1.82, 2.24) is 8.87 Å². The van der Waals surface area contributed by atoms with E-state index in [4.69, 9.17) is 0 Å². The van der Waals surface area contributed by atoms with Gasteiger partial charge in [0.2, 0.25) is 0 Å². The average Bonchev–Trinajstić information content (AvgIpc) is 2.53. The molecule has 2 N–H and O–H groups in total. The third kappa shape index (κ3) is 5.23. The van der Waals surface area contributed by atoms with E-state index in [1.807, 2.05) is 22.6 Å². The van der Waals surface area contributed by atoms with E-state index < -0.39 is 16.0 Å². The predicted octanol–water partition coefficient (Wildman–Crippen LogP) is 3.65. The van der Waals surface area contributed by atoms with Crippen LogP contribution in [0.1, 0.15) is 27.7 Å². The van der Waals surface area contributed by atoms with Crippen LogP contribution in [0.2, 0.25) is 0 Å². The van der Waals surface area contributed by atoms with Crippen LogP contribution in [0.15, 0.2) is 35.3 Å². The monoisotopic (exact) mass is 522 g/mol. The Hall–Kier alpha value is -1.66.